The molecule has 2 rings (SSSR count). The predicted molar refractivity (Wildman–Crippen MR) is 77.4 cm³/mol. The fourth-order valence-corrected chi connectivity index (χ4v) is 2.73. The summed E-state index contributed by atoms with van der Waals surface area (Å²) in [6.07, 6.45) is 5.03. The number of benzene rings is 1. The Bertz CT molecular complexity index is 431. The quantitative estimate of drug-likeness (QED) is 0.836. The number of esters is 1. The van der Waals surface area contributed by atoms with Crippen LogP contribution in [0.3, 0.4) is 0 Å². The van der Waals surface area contributed by atoms with Gasteiger partial charge in [-0.15, -0.1) is 0 Å². The molecule has 0 saturated heterocycles. The van der Waals surface area contributed by atoms with Crippen molar-refractivity contribution in [2.24, 2.45) is 5.92 Å². The summed E-state index contributed by atoms with van der Waals surface area (Å²) in [5.74, 6) is 0.415. The zero-order valence-electron chi connectivity index (χ0n) is 11.8. The van der Waals surface area contributed by atoms with Gasteiger partial charge in [0.25, 0.3) is 0 Å². The minimum Gasteiger partial charge on any atom is -0.462 e. The smallest absolute Gasteiger partial charge is 0.340 e. The SMILES string of the molecule is CCOC(=O)c1ccccc1NC1CCCCC1C. The highest BCUT2D eigenvalue weighted by atomic mass is 16.5. The first-order valence-electron chi connectivity index (χ1n) is 7.25. The van der Waals surface area contributed by atoms with Gasteiger partial charge in [0.2, 0.25) is 0 Å². The Balaban J connectivity index is 2.13. The van der Waals surface area contributed by atoms with Gasteiger partial charge in [-0.3, -0.25) is 0 Å². The Kier molecular flexibility index (Phi) is 4.83. The lowest BCUT2D eigenvalue weighted by Crippen LogP contribution is -2.31. The standard InChI is InChI=1S/C16H23NO2/c1-3-19-16(18)13-9-5-7-11-15(13)17-14-10-6-4-8-12(14)2/h5,7,9,11-12,14,17H,3-4,6,8,10H2,1-2H3. The average molecular weight is 261 g/mol. The van der Waals surface area contributed by atoms with Crippen molar-refractivity contribution in [2.75, 3.05) is 11.9 Å². The summed E-state index contributed by atoms with van der Waals surface area (Å²) in [6, 6.07) is 8.09. The lowest BCUT2D eigenvalue weighted by Gasteiger charge is -2.30. The summed E-state index contributed by atoms with van der Waals surface area (Å²) >= 11 is 0. The minimum atomic E-state index is -0.242. The van der Waals surface area contributed by atoms with Crippen molar-refractivity contribution in [3.05, 3.63) is 29.8 Å². The van der Waals surface area contributed by atoms with Crippen molar-refractivity contribution in [3.63, 3.8) is 0 Å². The van der Waals surface area contributed by atoms with Gasteiger partial charge in [0.1, 0.15) is 0 Å². The van der Waals surface area contributed by atoms with Crippen molar-refractivity contribution in [2.45, 2.75) is 45.6 Å². The van der Waals surface area contributed by atoms with Crippen LogP contribution in [0, 0.1) is 5.92 Å². The molecule has 19 heavy (non-hydrogen) atoms. The van der Waals surface area contributed by atoms with Crippen LogP contribution in [0.25, 0.3) is 0 Å². The lowest BCUT2D eigenvalue weighted by molar-refractivity contribution is 0.0527. The van der Waals surface area contributed by atoms with Crippen LogP contribution in [0.2, 0.25) is 0 Å². The third-order valence-electron chi connectivity index (χ3n) is 3.87. The van der Waals surface area contributed by atoms with Gasteiger partial charge in [0.05, 0.1) is 12.2 Å². The molecule has 3 heteroatoms. The van der Waals surface area contributed by atoms with E-state index in [9.17, 15) is 4.79 Å². The first-order valence-corrected chi connectivity index (χ1v) is 7.25. The van der Waals surface area contributed by atoms with E-state index in [-0.39, 0.29) is 5.97 Å². The number of ether oxygens (including phenoxy) is 1. The first-order chi connectivity index (χ1) is 9.22. The molecule has 1 aliphatic rings. The first kappa shape index (κ1) is 13.9. The topological polar surface area (TPSA) is 38.3 Å². The molecule has 1 aromatic rings. The Hall–Kier alpha value is -1.51. The summed E-state index contributed by atoms with van der Waals surface area (Å²) in [5.41, 5.74) is 1.54. The van der Waals surface area contributed by atoms with E-state index in [1.807, 2.05) is 31.2 Å². The highest BCUT2D eigenvalue weighted by Gasteiger charge is 2.22. The van der Waals surface area contributed by atoms with Crippen molar-refractivity contribution in [3.8, 4) is 0 Å². The largest absolute Gasteiger partial charge is 0.462 e. The van der Waals surface area contributed by atoms with E-state index in [2.05, 4.69) is 12.2 Å². The zero-order chi connectivity index (χ0) is 13.7. The predicted octanol–water partition coefficient (Wildman–Crippen LogP) is 3.85. The van der Waals surface area contributed by atoms with Crippen LogP contribution in [0.15, 0.2) is 24.3 Å². The van der Waals surface area contributed by atoms with E-state index in [0.29, 0.717) is 24.1 Å². The third kappa shape index (κ3) is 3.49. The van der Waals surface area contributed by atoms with E-state index in [0.717, 1.165) is 5.69 Å². The summed E-state index contributed by atoms with van der Waals surface area (Å²) in [5, 5.41) is 3.54. The fourth-order valence-electron chi connectivity index (χ4n) is 2.73. The molecule has 0 aliphatic heterocycles. The second-order valence-electron chi connectivity index (χ2n) is 5.28. The molecule has 1 aromatic carbocycles. The highest BCUT2D eigenvalue weighted by Crippen LogP contribution is 2.28. The van der Waals surface area contributed by atoms with Crippen molar-refractivity contribution < 1.29 is 9.53 Å². The Morgan fingerprint density at radius 3 is 2.79 bits per heavy atom. The summed E-state index contributed by atoms with van der Waals surface area (Å²) in [4.78, 5) is 11.9. The van der Waals surface area contributed by atoms with Gasteiger partial charge >= 0.3 is 5.97 Å². The summed E-state index contributed by atoms with van der Waals surface area (Å²) in [6.45, 7) is 4.52. The van der Waals surface area contributed by atoms with Gasteiger partial charge in [-0.25, -0.2) is 4.79 Å². The number of anilines is 1. The van der Waals surface area contributed by atoms with Crippen LogP contribution in [0.5, 0.6) is 0 Å². The van der Waals surface area contributed by atoms with Gasteiger partial charge < -0.3 is 10.1 Å². The molecule has 1 aliphatic carbocycles. The molecule has 3 nitrogen and oxygen atoms in total. The van der Waals surface area contributed by atoms with Crippen molar-refractivity contribution in [1.82, 2.24) is 0 Å². The Morgan fingerprint density at radius 1 is 1.32 bits per heavy atom. The maximum absolute atomic E-state index is 11.9. The number of hydrogen-bond donors (Lipinski definition) is 1. The van der Waals surface area contributed by atoms with Gasteiger partial charge in [0, 0.05) is 11.7 Å². The van der Waals surface area contributed by atoms with E-state index in [4.69, 9.17) is 4.74 Å². The van der Waals surface area contributed by atoms with Gasteiger partial charge in [-0.05, 0) is 37.8 Å². The molecule has 1 saturated carbocycles. The lowest BCUT2D eigenvalue weighted by atomic mass is 9.85. The van der Waals surface area contributed by atoms with Crippen LogP contribution in [0.4, 0.5) is 5.69 Å². The van der Waals surface area contributed by atoms with Crippen molar-refractivity contribution >= 4 is 11.7 Å². The maximum Gasteiger partial charge on any atom is 0.340 e. The Labute approximate surface area is 115 Å². The van der Waals surface area contributed by atoms with E-state index in [1.165, 1.54) is 25.7 Å². The number of carbonyl (C=O) groups is 1. The molecule has 0 spiro atoms. The maximum atomic E-state index is 11.9. The molecule has 0 amide bonds. The molecule has 2 atom stereocenters. The molecule has 2 unspecified atom stereocenters. The highest BCUT2D eigenvalue weighted by molar-refractivity contribution is 5.95. The van der Waals surface area contributed by atoms with Crippen LogP contribution < -0.4 is 5.32 Å². The van der Waals surface area contributed by atoms with Gasteiger partial charge in [-0.1, -0.05) is 31.9 Å². The normalized spacial score (nSPS) is 22.8. The number of nitrogens with one attached hydrogen (secondary N) is 1. The van der Waals surface area contributed by atoms with Crippen LogP contribution in [0.1, 0.15) is 49.9 Å². The molecule has 0 aromatic heterocycles. The molecule has 0 radical (unpaired) electrons. The summed E-state index contributed by atoms with van der Waals surface area (Å²) in [7, 11) is 0. The van der Waals surface area contributed by atoms with Gasteiger partial charge in [-0.2, -0.15) is 0 Å². The van der Waals surface area contributed by atoms with Crippen LogP contribution in [-0.2, 0) is 4.74 Å². The fraction of sp³-hybridized carbons (Fsp3) is 0.562. The second kappa shape index (κ2) is 6.60. The molecular weight excluding hydrogens is 238 g/mol. The molecule has 0 bridgehead atoms. The number of carbonyl (C=O) groups excluding carboxylic acids is 1. The monoisotopic (exact) mass is 261 g/mol. The second-order valence-corrected chi connectivity index (χ2v) is 5.28. The summed E-state index contributed by atoms with van der Waals surface area (Å²) < 4.78 is 5.11. The van der Waals surface area contributed by atoms with Crippen LogP contribution >= 0.6 is 0 Å². The van der Waals surface area contributed by atoms with Crippen LogP contribution in [-0.4, -0.2) is 18.6 Å². The van der Waals surface area contributed by atoms with Crippen molar-refractivity contribution in [1.29, 1.82) is 0 Å². The molecule has 104 valence electrons. The third-order valence-corrected chi connectivity index (χ3v) is 3.87. The Morgan fingerprint density at radius 2 is 2.05 bits per heavy atom. The van der Waals surface area contributed by atoms with E-state index in [1.54, 1.807) is 0 Å². The molecule has 0 heterocycles. The van der Waals surface area contributed by atoms with E-state index >= 15 is 0 Å². The average Bonchev–Trinajstić information content (AvgIpc) is 2.42. The number of hydrogen-bond acceptors (Lipinski definition) is 3. The zero-order valence-corrected chi connectivity index (χ0v) is 11.8. The van der Waals surface area contributed by atoms with E-state index < -0.39 is 0 Å². The molecule has 1 fully saturated rings. The number of rotatable bonds is 4. The molecule has 1 N–H and O–H groups in total. The van der Waals surface area contributed by atoms with Gasteiger partial charge in [0.15, 0.2) is 0 Å². The minimum absolute atomic E-state index is 0.242. The number of para-hydroxylation sites is 1. The molecular formula is C16H23NO2.